The van der Waals surface area contributed by atoms with Gasteiger partial charge in [0.1, 0.15) is 35.6 Å². The molecule has 0 saturated heterocycles. The van der Waals surface area contributed by atoms with E-state index in [2.05, 4.69) is 27.4 Å². The lowest BCUT2D eigenvalue weighted by molar-refractivity contribution is -0.161. The van der Waals surface area contributed by atoms with Crippen LogP contribution < -0.4 is 0 Å². The van der Waals surface area contributed by atoms with Crippen LogP contribution in [-0.2, 0) is 37.9 Å². The molecule has 0 radical (unpaired) electrons. The number of carbonyl (C=O) groups is 1. The average molecular weight is 555 g/mol. The molecule has 0 aliphatic heterocycles. The van der Waals surface area contributed by atoms with Crippen molar-refractivity contribution in [3.05, 3.63) is 70.0 Å². The van der Waals surface area contributed by atoms with Crippen LogP contribution >= 0.6 is 0 Å². The van der Waals surface area contributed by atoms with Gasteiger partial charge in [-0.15, -0.1) is 0 Å². The van der Waals surface area contributed by atoms with Crippen molar-refractivity contribution in [1.29, 1.82) is 0 Å². The number of hydrogen-bond acceptors (Lipinski definition) is 6. The molecule has 0 bridgehead atoms. The standard InChI is InChI=1S/C34H50O6/c1-21-16-24(18-26(30(21)37)32(4,5)6)12-14-28(35)23(3)39-20-34(10,11)40-29(36)15-13-25-17-22(2)31(38)27(19-25)33(7,8)9/h16-19,28,35,37-38H,3,12-15,20H2,1-2,4-11H3. The van der Waals surface area contributed by atoms with Crippen molar-refractivity contribution >= 4 is 5.97 Å². The molecule has 0 spiro atoms. The van der Waals surface area contributed by atoms with Crippen LogP contribution in [0, 0.1) is 13.8 Å². The summed E-state index contributed by atoms with van der Waals surface area (Å²) in [5.41, 5.74) is 4.02. The fraction of sp³-hybridized carbons (Fsp3) is 0.559. The Morgan fingerprint density at radius 2 is 1.27 bits per heavy atom. The molecule has 2 aromatic carbocycles. The Hall–Kier alpha value is -2.99. The number of ether oxygens (including phenoxy) is 2. The summed E-state index contributed by atoms with van der Waals surface area (Å²) in [6, 6.07) is 7.79. The highest BCUT2D eigenvalue weighted by Crippen LogP contribution is 2.35. The van der Waals surface area contributed by atoms with Gasteiger partial charge in [-0.2, -0.15) is 0 Å². The number of hydrogen-bond donors (Lipinski definition) is 3. The van der Waals surface area contributed by atoms with Gasteiger partial charge in [-0.25, -0.2) is 0 Å². The van der Waals surface area contributed by atoms with E-state index in [9.17, 15) is 20.1 Å². The summed E-state index contributed by atoms with van der Waals surface area (Å²) in [4.78, 5) is 12.6. The lowest BCUT2D eigenvalue weighted by Gasteiger charge is -2.27. The molecule has 40 heavy (non-hydrogen) atoms. The van der Waals surface area contributed by atoms with Gasteiger partial charge in [0.25, 0.3) is 0 Å². The van der Waals surface area contributed by atoms with E-state index in [1.54, 1.807) is 13.8 Å². The van der Waals surface area contributed by atoms with Gasteiger partial charge >= 0.3 is 5.97 Å². The minimum absolute atomic E-state index is 0.0631. The van der Waals surface area contributed by atoms with E-state index >= 15 is 0 Å². The molecule has 0 aromatic heterocycles. The first-order valence-corrected chi connectivity index (χ1v) is 14.1. The molecule has 2 rings (SSSR count). The maximum Gasteiger partial charge on any atom is 0.306 e. The van der Waals surface area contributed by atoms with Crippen molar-refractivity contribution in [2.24, 2.45) is 0 Å². The fourth-order valence-corrected chi connectivity index (χ4v) is 4.60. The molecular weight excluding hydrogens is 504 g/mol. The maximum atomic E-state index is 12.6. The van der Waals surface area contributed by atoms with E-state index in [-0.39, 0.29) is 35.6 Å². The van der Waals surface area contributed by atoms with Gasteiger partial charge in [-0.05, 0) is 91.2 Å². The topological polar surface area (TPSA) is 96.2 Å². The first-order valence-electron chi connectivity index (χ1n) is 14.1. The van der Waals surface area contributed by atoms with Gasteiger partial charge in [-0.3, -0.25) is 4.79 Å². The summed E-state index contributed by atoms with van der Waals surface area (Å²) in [5.74, 6) is 0.492. The van der Waals surface area contributed by atoms with Gasteiger partial charge in [-0.1, -0.05) is 72.4 Å². The molecule has 2 aromatic rings. The monoisotopic (exact) mass is 554 g/mol. The quantitative estimate of drug-likeness (QED) is 0.203. The maximum absolute atomic E-state index is 12.6. The van der Waals surface area contributed by atoms with E-state index in [1.165, 1.54) is 0 Å². The van der Waals surface area contributed by atoms with Crippen molar-refractivity contribution in [1.82, 2.24) is 0 Å². The van der Waals surface area contributed by atoms with Crippen LogP contribution in [0.2, 0.25) is 0 Å². The minimum atomic E-state index is -0.906. The normalized spacial score (nSPS) is 13.2. The SMILES string of the molecule is C=C(OCC(C)(C)OC(=O)CCc1cc(C)c(O)c(C(C)(C)C)c1)C(O)CCc1cc(C)c(O)c(C(C)(C)C)c1. The second kappa shape index (κ2) is 12.7. The van der Waals surface area contributed by atoms with Crippen LogP contribution in [-0.4, -0.2) is 39.6 Å². The van der Waals surface area contributed by atoms with Crippen LogP contribution in [0.15, 0.2) is 36.6 Å². The zero-order valence-corrected chi connectivity index (χ0v) is 26.2. The van der Waals surface area contributed by atoms with Gasteiger partial charge in [0.2, 0.25) is 0 Å². The third kappa shape index (κ3) is 9.29. The predicted octanol–water partition coefficient (Wildman–Crippen LogP) is 7.09. The third-order valence-electron chi connectivity index (χ3n) is 7.03. The zero-order chi connectivity index (χ0) is 30.6. The molecule has 0 aliphatic carbocycles. The molecule has 222 valence electrons. The van der Waals surface area contributed by atoms with Gasteiger partial charge in [0.05, 0.1) is 0 Å². The average Bonchev–Trinajstić information content (AvgIpc) is 2.81. The Morgan fingerprint density at radius 3 is 1.73 bits per heavy atom. The first-order chi connectivity index (χ1) is 18.2. The van der Waals surface area contributed by atoms with Crippen LogP contribution in [0.4, 0.5) is 0 Å². The second-order valence-electron chi connectivity index (χ2n) is 13.7. The van der Waals surface area contributed by atoms with Gasteiger partial charge in [0.15, 0.2) is 0 Å². The molecule has 0 fully saturated rings. The summed E-state index contributed by atoms with van der Waals surface area (Å²) < 4.78 is 11.4. The summed E-state index contributed by atoms with van der Waals surface area (Å²) in [7, 11) is 0. The third-order valence-corrected chi connectivity index (χ3v) is 7.03. The summed E-state index contributed by atoms with van der Waals surface area (Å²) >= 11 is 0. The fourth-order valence-electron chi connectivity index (χ4n) is 4.60. The van der Waals surface area contributed by atoms with E-state index in [0.29, 0.717) is 30.8 Å². The van der Waals surface area contributed by atoms with Crippen molar-refractivity contribution < 1.29 is 29.6 Å². The molecule has 3 N–H and O–H groups in total. The predicted molar refractivity (Wildman–Crippen MR) is 161 cm³/mol. The highest BCUT2D eigenvalue weighted by atomic mass is 16.6. The Labute approximate surface area is 241 Å². The Morgan fingerprint density at radius 1 is 0.825 bits per heavy atom. The van der Waals surface area contributed by atoms with Crippen molar-refractivity contribution in [3.8, 4) is 11.5 Å². The molecule has 6 nitrogen and oxygen atoms in total. The Balaban J connectivity index is 1.89. The van der Waals surface area contributed by atoms with Crippen LogP contribution in [0.3, 0.4) is 0 Å². The van der Waals surface area contributed by atoms with Gasteiger partial charge in [0, 0.05) is 6.42 Å². The Bertz CT molecular complexity index is 1210. The van der Waals surface area contributed by atoms with E-state index in [1.807, 2.05) is 58.9 Å². The van der Waals surface area contributed by atoms with E-state index in [0.717, 1.165) is 33.4 Å². The molecule has 0 amide bonds. The number of aliphatic hydroxyl groups is 1. The highest BCUT2D eigenvalue weighted by molar-refractivity contribution is 5.70. The number of phenols is 2. The van der Waals surface area contributed by atoms with Crippen LogP contribution in [0.5, 0.6) is 11.5 Å². The number of benzene rings is 2. The number of esters is 1. The molecule has 1 unspecified atom stereocenters. The lowest BCUT2D eigenvalue weighted by Crippen LogP contribution is -2.34. The van der Waals surface area contributed by atoms with Crippen molar-refractivity contribution in [2.75, 3.05) is 6.61 Å². The number of carbonyl (C=O) groups excluding carboxylic acids is 1. The first kappa shape index (κ1) is 33.2. The summed E-state index contributed by atoms with van der Waals surface area (Å²) in [5, 5.41) is 31.5. The molecule has 0 heterocycles. The van der Waals surface area contributed by atoms with Crippen LogP contribution in [0.1, 0.15) is 102 Å². The number of aromatic hydroxyl groups is 2. The number of phenolic OH excluding ortho intramolecular Hbond substituents is 2. The van der Waals surface area contributed by atoms with Crippen LogP contribution in [0.25, 0.3) is 0 Å². The minimum Gasteiger partial charge on any atom is -0.507 e. The molecule has 1 atom stereocenters. The summed E-state index contributed by atoms with van der Waals surface area (Å²) in [6.45, 7) is 23.5. The lowest BCUT2D eigenvalue weighted by atomic mass is 9.83. The van der Waals surface area contributed by atoms with E-state index < -0.39 is 11.7 Å². The second-order valence-corrected chi connectivity index (χ2v) is 13.7. The summed E-state index contributed by atoms with van der Waals surface area (Å²) in [6.07, 6.45) is 0.825. The van der Waals surface area contributed by atoms with Crippen molar-refractivity contribution in [3.63, 3.8) is 0 Å². The smallest absolute Gasteiger partial charge is 0.306 e. The number of aliphatic hydroxyl groups excluding tert-OH is 1. The Kier molecular flexibility index (Phi) is 10.5. The molecule has 0 saturated carbocycles. The van der Waals surface area contributed by atoms with E-state index in [4.69, 9.17) is 9.47 Å². The largest absolute Gasteiger partial charge is 0.507 e. The van der Waals surface area contributed by atoms with Crippen molar-refractivity contribution in [2.45, 2.75) is 117 Å². The highest BCUT2D eigenvalue weighted by Gasteiger charge is 2.26. The molecule has 6 heteroatoms. The molecule has 0 aliphatic rings. The number of aryl methyl sites for hydroxylation is 4. The number of rotatable bonds is 11. The zero-order valence-electron chi connectivity index (χ0n) is 26.2. The van der Waals surface area contributed by atoms with Gasteiger partial charge < -0.3 is 24.8 Å². The molecular formula is C34H50O6.